The average Bonchev–Trinajstić information content (AvgIpc) is 2.66. The zero-order valence-corrected chi connectivity index (χ0v) is 17.7. The van der Waals surface area contributed by atoms with Crippen LogP contribution in [0.25, 0.3) is 10.8 Å². The molecular weight excluding hydrogens is 510 g/mol. The predicted octanol–water partition coefficient (Wildman–Crippen LogP) is 3.74. The molecule has 0 saturated heterocycles. The van der Waals surface area contributed by atoms with Gasteiger partial charge in [-0.3, -0.25) is 4.55 Å². The van der Waals surface area contributed by atoms with Crippen LogP contribution in [0.3, 0.4) is 0 Å². The van der Waals surface area contributed by atoms with E-state index in [9.17, 15) is 48.0 Å². The topological polar surface area (TPSA) is 124 Å². The number of fused-ring (bicyclic) bond motifs is 1. The summed E-state index contributed by atoms with van der Waals surface area (Å²) in [6.07, 6.45) is 0. The zero-order valence-electron chi connectivity index (χ0n) is 16.1. The van der Waals surface area contributed by atoms with Crippen molar-refractivity contribution in [3.05, 3.63) is 48.6 Å². The molecular formula is C17H12F6O8S2. The standard InChI is InChI=1S/C17H12F6O8S2/c1-9(2)14(24)30-12-5-3-11-8-13(6-4-10(11)7-12)31-33(28,29)17(22,23)15(18,19)16(20,21)32(25,26)27/h3-8H,1H2,2H3,(H,25,26,27). The highest BCUT2D eigenvalue weighted by atomic mass is 32.2. The first-order valence-electron chi connectivity index (χ1n) is 8.20. The summed E-state index contributed by atoms with van der Waals surface area (Å²) < 4.78 is 143. The van der Waals surface area contributed by atoms with Gasteiger partial charge in [0.1, 0.15) is 11.5 Å². The molecule has 0 atom stereocenters. The Bertz CT molecular complexity index is 1340. The maximum absolute atomic E-state index is 13.9. The van der Waals surface area contributed by atoms with Crippen molar-refractivity contribution < 1.29 is 61.4 Å². The van der Waals surface area contributed by atoms with Crippen LogP contribution < -0.4 is 8.92 Å². The molecule has 0 fully saturated rings. The van der Waals surface area contributed by atoms with Crippen LogP contribution in [0, 0.1) is 0 Å². The number of ether oxygens (including phenoxy) is 1. The number of rotatable bonds is 8. The summed E-state index contributed by atoms with van der Waals surface area (Å²) in [5.74, 6) is -8.91. The van der Waals surface area contributed by atoms with Gasteiger partial charge in [0.15, 0.2) is 0 Å². The highest BCUT2D eigenvalue weighted by Gasteiger charge is 2.83. The quantitative estimate of drug-likeness (QED) is 0.139. The molecule has 0 aliphatic carbocycles. The lowest BCUT2D eigenvalue weighted by atomic mass is 10.1. The normalized spacial score (nSPS) is 13.6. The van der Waals surface area contributed by atoms with E-state index >= 15 is 0 Å². The molecule has 0 aromatic heterocycles. The fourth-order valence-corrected chi connectivity index (χ4v) is 3.60. The van der Waals surface area contributed by atoms with Crippen LogP contribution in [0.4, 0.5) is 26.3 Å². The third-order valence-electron chi connectivity index (χ3n) is 3.92. The third-order valence-corrected chi connectivity index (χ3v) is 6.12. The molecule has 8 nitrogen and oxygen atoms in total. The fraction of sp³-hybridized carbons (Fsp3) is 0.235. The SMILES string of the molecule is C=C(C)C(=O)Oc1ccc2cc(OS(=O)(=O)C(F)(F)C(F)(F)C(F)(F)S(=O)(=O)O)ccc2c1. The lowest BCUT2D eigenvalue weighted by molar-refractivity contribution is -0.247. The summed E-state index contributed by atoms with van der Waals surface area (Å²) in [4.78, 5) is 11.5. The number of esters is 1. The minimum absolute atomic E-state index is 0.00964. The number of carbonyl (C=O) groups excluding carboxylic acids is 1. The van der Waals surface area contributed by atoms with Crippen LogP contribution in [0.1, 0.15) is 6.92 Å². The molecule has 0 aliphatic heterocycles. The maximum atomic E-state index is 13.9. The van der Waals surface area contributed by atoms with Gasteiger partial charge < -0.3 is 8.92 Å². The summed E-state index contributed by atoms with van der Waals surface area (Å²) in [6.45, 7) is 4.74. The Hall–Kier alpha value is -2.85. The molecule has 0 bridgehead atoms. The maximum Gasteiger partial charge on any atom is 0.450 e. The van der Waals surface area contributed by atoms with E-state index in [-0.39, 0.29) is 22.1 Å². The summed E-state index contributed by atoms with van der Waals surface area (Å²) >= 11 is 0. The summed E-state index contributed by atoms with van der Waals surface area (Å²) in [5.41, 5.74) is 0.0707. The van der Waals surface area contributed by atoms with E-state index in [0.717, 1.165) is 12.1 Å². The molecule has 0 aliphatic rings. The van der Waals surface area contributed by atoms with E-state index in [4.69, 9.17) is 9.29 Å². The van der Waals surface area contributed by atoms with Crippen molar-refractivity contribution in [1.82, 2.24) is 0 Å². The predicted molar refractivity (Wildman–Crippen MR) is 100 cm³/mol. The smallest absolute Gasteiger partial charge is 0.423 e. The van der Waals surface area contributed by atoms with Gasteiger partial charge in [-0.05, 0) is 42.0 Å². The number of hydrogen-bond acceptors (Lipinski definition) is 7. The van der Waals surface area contributed by atoms with Crippen molar-refractivity contribution in [3.63, 3.8) is 0 Å². The van der Waals surface area contributed by atoms with Gasteiger partial charge in [-0.15, -0.1) is 0 Å². The fourth-order valence-electron chi connectivity index (χ4n) is 2.18. The second kappa shape index (κ2) is 8.18. The van der Waals surface area contributed by atoms with Crippen LogP contribution in [0.5, 0.6) is 11.5 Å². The first kappa shape index (κ1) is 26.4. The van der Waals surface area contributed by atoms with Gasteiger partial charge in [0.05, 0.1) is 0 Å². The number of hydrogen-bond donors (Lipinski definition) is 1. The molecule has 182 valence electrons. The van der Waals surface area contributed by atoms with Gasteiger partial charge in [-0.2, -0.15) is 43.2 Å². The number of carbonyl (C=O) groups is 1. The van der Waals surface area contributed by atoms with E-state index < -0.39 is 48.4 Å². The Morgan fingerprint density at radius 1 is 0.879 bits per heavy atom. The average molecular weight is 522 g/mol. The molecule has 33 heavy (non-hydrogen) atoms. The molecule has 0 radical (unpaired) electrons. The molecule has 0 spiro atoms. The zero-order chi connectivity index (χ0) is 25.6. The Morgan fingerprint density at radius 2 is 1.33 bits per heavy atom. The Balaban J connectivity index is 2.41. The van der Waals surface area contributed by atoms with Crippen molar-refractivity contribution >= 4 is 37.0 Å². The van der Waals surface area contributed by atoms with Gasteiger partial charge in [0, 0.05) is 5.57 Å². The van der Waals surface area contributed by atoms with Gasteiger partial charge in [0.2, 0.25) is 0 Å². The largest absolute Gasteiger partial charge is 0.450 e. The molecule has 2 aromatic rings. The van der Waals surface area contributed by atoms with Crippen molar-refractivity contribution in [2.75, 3.05) is 0 Å². The van der Waals surface area contributed by atoms with Crippen LogP contribution >= 0.6 is 0 Å². The van der Waals surface area contributed by atoms with Crippen molar-refractivity contribution in [2.24, 2.45) is 0 Å². The van der Waals surface area contributed by atoms with Crippen molar-refractivity contribution in [2.45, 2.75) is 23.4 Å². The van der Waals surface area contributed by atoms with Crippen molar-refractivity contribution in [3.8, 4) is 11.5 Å². The monoisotopic (exact) mass is 522 g/mol. The van der Waals surface area contributed by atoms with Gasteiger partial charge in [-0.25, -0.2) is 4.79 Å². The van der Waals surface area contributed by atoms with E-state index in [1.807, 2.05) is 0 Å². The van der Waals surface area contributed by atoms with Crippen LogP contribution in [0.15, 0.2) is 48.6 Å². The van der Waals surface area contributed by atoms with Gasteiger partial charge >= 0.3 is 42.6 Å². The number of benzene rings is 2. The highest BCUT2D eigenvalue weighted by molar-refractivity contribution is 7.88. The van der Waals surface area contributed by atoms with Gasteiger partial charge in [0.25, 0.3) is 0 Å². The Morgan fingerprint density at radius 3 is 1.79 bits per heavy atom. The van der Waals surface area contributed by atoms with E-state index in [2.05, 4.69) is 10.8 Å². The molecule has 0 heterocycles. The summed E-state index contributed by atoms with van der Waals surface area (Å²) in [5, 5.41) is -13.4. The summed E-state index contributed by atoms with van der Waals surface area (Å²) in [6, 6.07) is 6.09. The van der Waals surface area contributed by atoms with E-state index in [1.165, 1.54) is 25.1 Å². The first-order valence-corrected chi connectivity index (χ1v) is 11.1. The molecule has 2 aromatic carbocycles. The number of alkyl halides is 6. The molecule has 16 heteroatoms. The minimum Gasteiger partial charge on any atom is -0.423 e. The number of halogens is 6. The molecule has 0 amide bonds. The van der Waals surface area contributed by atoms with Crippen LogP contribution in [-0.4, -0.2) is 43.8 Å². The molecule has 0 saturated carbocycles. The van der Waals surface area contributed by atoms with Gasteiger partial charge in [-0.1, -0.05) is 18.7 Å². The third kappa shape index (κ3) is 4.63. The Labute approximate surface area is 182 Å². The first-order chi connectivity index (χ1) is 14.7. The molecule has 0 unspecified atom stereocenters. The van der Waals surface area contributed by atoms with E-state index in [1.54, 1.807) is 0 Å². The minimum atomic E-state index is -7.15. The highest BCUT2D eigenvalue weighted by Crippen LogP contribution is 2.51. The summed E-state index contributed by atoms with van der Waals surface area (Å²) in [7, 11) is -14.1. The second-order valence-electron chi connectivity index (χ2n) is 6.46. The van der Waals surface area contributed by atoms with E-state index in [0.29, 0.717) is 6.07 Å². The lowest BCUT2D eigenvalue weighted by Gasteiger charge is -2.29. The van der Waals surface area contributed by atoms with Crippen molar-refractivity contribution in [1.29, 1.82) is 0 Å². The lowest BCUT2D eigenvalue weighted by Crippen LogP contribution is -2.61. The molecule has 2 rings (SSSR count). The van der Waals surface area contributed by atoms with Crippen LogP contribution in [0.2, 0.25) is 0 Å². The van der Waals surface area contributed by atoms with Crippen LogP contribution in [-0.2, 0) is 25.0 Å². The second-order valence-corrected chi connectivity index (χ2v) is 9.51. The Kier molecular flexibility index (Phi) is 6.54. The molecule has 1 N–H and O–H groups in total.